The lowest BCUT2D eigenvalue weighted by Gasteiger charge is -2.26. The highest BCUT2D eigenvalue weighted by Gasteiger charge is 2.47. The van der Waals surface area contributed by atoms with E-state index in [2.05, 4.69) is 0 Å². The van der Waals surface area contributed by atoms with Crippen molar-refractivity contribution in [2.24, 2.45) is 0 Å². The highest BCUT2D eigenvalue weighted by molar-refractivity contribution is 6.51. The minimum Gasteiger partial charge on any atom is -0.507 e. The van der Waals surface area contributed by atoms with Crippen molar-refractivity contribution in [3.63, 3.8) is 0 Å². The molecule has 0 bridgehead atoms. The fraction of sp³-hybridized carbons (Fsp3) is 0.185. The summed E-state index contributed by atoms with van der Waals surface area (Å²) in [5.74, 6) is -0.518. The average Bonchev–Trinajstić information content (AvgIpc) is 3.14. The van der Waals surface area contributed by atoms with Crippen LogP contribution in [-0.4, -0.2) is 38.1 Å². The minimum atomic E-state index is -0.881. The summed E-state index contributed by atoms with van der Waals surface area (Å²) in [4.78, 5) is 28.0. The Morgan fingerprint density at radius 3 is 2.18 bits per heavy atom. The van der Waals surface area contributed by atoms with Gasteiger partial charge in [0, 0.05) is 5.69 Å². The number of benzene rings is 3. The average molecular weight is 459 g/mol. The van der Waals surface area contributed by atoms with Crippen molar-refractivity contribution in [3.8, 4) is 17.2 Å². The molecule has 0 saturated carbocycles. The smallest absolute Gasteiger partial charge is 0.300 e. The van der Waals surface area contributed by atoms with Crippen LogP contribution in [0.15, 0.2) is 72.3 Å². The number of carbonyl (C=O) groups is 2. The van der Waals surface area contributed by atoms with Crippen LogP contribution in [0.2, 0.25) is 0 Å². The van der Waals surface area contributed by atoms with Crippen molar-refractivity contribution < 1.29 is 28.9 Å². The Balaban J connectivity index is 1.99. The first-order valence-corrected chi connectivity index (χ1v) is 10.6. The normalized spacial score (nSPS) is 17.1. The summed E-state index contributed by atoms with van der Waals surface area (Å²) in [6, 6.07) is 18.4. The number of methoxy groups -OCH3 is 3. The number of anilines is 1. The van der Waals surface area contributed by atoms with Crippen LogP contribution in [0.25, 0.3) is 5.76 Å². The number of rotatable bonds is 6. The third-order valence-electron chi connectivity index (χ3n) is 5.83. The molecule has 1 heterocycles. The first-order chi connectivity index (χ1) is 16.4. The van der Waals surface area contributed by atoms with E-state index in [1.165, 1.54) is 26.2 Å². The molecule has 7 heteroatoms. The lowest BCUT2D eigenvalue weighted by Crippen LogP contribution is -2.29. The number of carbonyl (C=O) groups excluding carboxylic acids is 2. The second kappa shape index (κ2) is 9.31. The van der Waals surface area contributed by atoms with E-state index >= 15 is 0 Å². The highest BCUT2D eigenvalue weighted by Crippen LogP contribution is 2.44. The van der Waals surface area contributed by atoms with Gasteiger partial charge in [-0.25, -0.2) is 0 Å². The molecule has 1 fully saturated rings. The maximum atomic E-state index is 13.4. The summed E-state index contributed by atoms with van der Waals surface area (Å²) < 4.78 is 16.1. The molecule has 1 atom stereocenters. The molecular formula is C27H25NO6. The summed E-state index contributed by atoms with van der Waals surface area (Å²) in [7, 11) is 4.50. The van der Waals surface area contributed by atoms with E-state index in [1.54, 1.807) is 54.6 Å². The standard InChI is InChI=1S/C27H25NO6/c1-16-8-10-18(11-9-16)28-24(17-6-5-7-19(14-17)32-2)23(26(30)27(28)31)25(29)21-15-20(33-3)12-13-22(21)34-4/h5-15,24,29H,1-4H3/b25-23+. The molecule has 1 amide bonds. The van der Waals surface area contributed by atoms with Gasteiger partial charge in [-0.1, -0.05) is 29.8 Å². The van der Waals surface area contributed by atoms with Crippen LogP contribution in [0.3, 0.4) is 0 Å². The Morgan fingerprint density at radius 2 is 1.53 bits per heavy atom. The van der Waals surface area contributed by atoms with Crippen LogP contribution in [0.1, 0.15) is 22.7 Å². The first kappa shape index (κ1) is 22.9. The number of aliphatic hydroxyl groups is 1. The number of aliphatic hydroxyl groups excluding tert-OH is 1. The second-order valence-electron chi connectivity index (χ2n) is 7.85. The van der Waals surface area contributed by atoms with E-state index in [0.29, 0.717) is 28.5 Å². The van der Waals surface area contributed by atoms with Crippen molar-refractivity contribution in [2.45, 2.75) is 13.0 Å². The third kappa shape index (κ3) is 3.96. The van der Waals surface area contributed by atoms with Crippen molar-refractivity contribution in [2.75, 3.05) is 26.2 Å². The molecule has 1 N–H and O–H groups in total. The van der Waals surface area contributed by atoms with Crippen LogP contribution in [0, 0.1) is 6.92 Å². The Labute approximate surface area is 197 Å². The second-order valence-corrected chi connectivity index (χ2v) is 7.85. The van der Waals surface area contributed by atoms with Crippen LogP contribution in [-0.2, 0) is 9.59 Å². The van der Waals surface area contributed by atoms with E-state index in [1.807, 2.05) is 19.1 Å². The van der Waals surface area contributed by atoms with Crippen molar-refractivity contribution >= 4 is 23.1 Å². The summed E-state index contributed by atoms with van der Waals surface area (Å²) in [5.41, 5.74) is 2.36. The first-order valence-electron chi connectivity index (χ1n) is 10.6. The summed E-state index contributed by atoms with van der Waals surface area (Å²) in [6.07, 6.45) is 0. The molecule has 1 saturated heterocycles. The Bertz CT molecular complexity index is 1280. The number of amides is 1. The zero-order valence-corrected chi connectivity index (χ0v) is 19.4. The molecule has 1 aliphatic rings. The number of nitrogens with zero attached hydrogens (tertiary/aromatic N) is 1. The molecule has 34 heavy (non-hydrogen) atoms. The fourth-order valence-electron chi connectivity index (χ4n) is 4.08. The molecule has 0 aromatic heterocycles. The lowest BCUT2D eigenvalue weighted by atomic mass is 9.94. The molecule has 0 aliphatic carbocycles. The summed E-state index contributed by atoms with van der Waals surface area (Å²) in [6.45, 7) is 1.94. The maximum absolute atomic E-state index is 13.4. The molecule has 7 nitrogen and oxygen atoms in total. The molecule has 174 valence electrons. The number of hydrogen-bond acceptors (Lipinski definition) is 6. The van der Waals surface area contributed by atoms with Crippen molar-refractivity contribution in [3.05, 3.63) is 89.0 Å². The van der Waals surface area contributed by atoms with Crippen LogP contribution >= 0.6 is 0 Å². The van der Waals surface area contributed by atoms with Crippen LogP contribution in [0.5, 0.6) is 17.2 Å². The van der Waals surface area contributed by atoms with E-state index in [4.69, 9.17) is 14.2 Å². The van der Waals surface area contributed by atoms with E-state index in [-0.39, 0.29) is 16.9 Å². The lowest BCUT2D eigenvalue weighted by molar-refractivity contribution is -0.132. The fourth-order valence-corrected chi connectivity index (χ4v) is 4.08. The van der Waals surface area contributed by atoms with Gasteiger partial charge in [-0.05, 0) is 55.0 Å². The topological polar surface area (TPSA) is 85.3 Å². The molecule has 3 aromatic rings. The highest BCUT2D eigenvalue weighted by atomic mass is 16.5. The van der Waals surface area contributed by atoms with Crippen molar-refractivity contribution in [1.82, 2.24) is 0 Å². The monoisotopic (exact) mass is 459 g/mol. The zero-order chi connectivity index (χ0) is 24.4. The third-order valence-corrected chi connectivity index (χ3v) is 5.83. The Morgan fingerprint density at radius 1 is 0.853 bits per heavy atom. The molecule has 4 rings (SSSR count). The van der Waals surface area contributed by atoms with E-state index < -0.39 is 17.7 Å². The van der Waals surface area contributed by atoms with E-state index in [0.717, 1.165) is 5.56 Å². The van der Waals surface area contributed by atoms with Gasteiger partial charge < -0.3 is 19.3 Å². The predicted octanol–water partition coefficient (Wildman–Crippen LogP) is 4.65. The van der Waals surface area contributed by atoms with Gasteiger partial charge in [-0.3, -0.25) is 14.5 Å². The van der Waals surface area contributed by atoms with Gasteiger partial charge in [0.15, 0.2) is 0 Å². The van der Waals surface area contributed by atoms with Crippen LogP contribution in [0.4, 0.5) is 5.69 Å². The summed E-state index contributed by atoms with van der Waals surface area (Å²) in [5, 5.41) is 11.4. The zero-order valence-electron chi connectivity index (χ0n) is 19.4. The van der Waals surface area contributed by atoms with Crippen molar-refractivity contribution in [1.29, 1.82) is 0 Å². The Hall–Kier alpha value is -4.26. The Kier molecular flexibility index (Phi) is 6.27. The molecule has 3 aromatic carbocycles. The predicted molar refractivity (Wildman–Crippen MR) is 129 cm³/mol. The van der Waals surface area contributed by atoms with Gasteiger partial charge >= 0.3 is 0 Å². The van der Waals surface area contributed by atoms with Gasteiger partial charge in [0.05, 0.1) is 38.5 Å². The number of ketones is 1. The number of hydrogen-bond donors (Lipinski definition) is 1. The molecule has 1 aliphatic heterocycles. The number of ether oxygens (including phenoxy) is 3. The SMILES string of the molecule is COc1cccc(C2/C(=C(\O)c3cc(OC)ccc3OC)C(=O)C(=O)N2c2ccc(C)cc2)c1. The number of Topliss-reactive ketones (excluding diaryl/α,β-unsaturated/α-hetero) is 1. The molecule has 0 radical (unpaired) electrons. The van der Waals surface area contributed by atoms with Gasteiger partial charge in [0.25, 0.3) is 11.7 Å². The minimum absolute atomic E-state index is 0.0506. The largest absolute Gasteiger partial charge is 0.507 e. The molecular weight excluding hydrogens is 434 g/mol. The van der Waals surface area contributed by atoms with Crippen LogP contribution < -0.4 is 19.1 Å². The molecule has 0 spiro atoms. The quantitative estimate of drug-likeness (QED) is 0.328. The van der Waals surface area contributed by atoms with Gasteiger partial charge in [-0.15, -0.1) is 0 Å². The molecule has 1 unspecified atom stereocenters. The van der Waals surface area contributed by atoms with Gasteiger partial charge in [0.1, 0.15) is 23.0 Å². The van der Waals surface area contributed by atoms with Gasteiger partial charge in [0.2, 0.25) is 0 Å². The number of aryl methyl sites for hydroxylation is 1. The maximum Gasteiger partial charge on any atom is 0.300 e. The summed E-state index contributed by atoms with van der Waals surface area (Å²) >= 11 is 0. The van der Waals surface area contributed by atoms with Gasteiger partial charge in [-0.2, -0.15) is 0 Å². The van der Waals surface area contributed by atoms with E-state index in [9.17, 15) is 14.7 Å².